The number of nitrogens with one attached hydrogen (secondary N) is 2. The first-order chi connectivity index (χ1) is 19.6. The number of anilines is 1. The predicted molar refractivity (Wildman–Crippen MR) is 137 cm³/mol. The lowest BCUT2D eigenvalue weighted by Crippen LogP contribution is -2.18. The minimum Gasteiger partial charge on any atom is -0.403 e. The van der Waals surface area contributed by atoms with E-state index in [2.05, 4.69) is 40.9 Å². The topological polar surface area (TPSA) is 137 Å². The molecule has 0 saturated heterocycles. The number of halogens is 4. The highest BCUT2D eigenvalue weighted by atomic mass is 19.4. The highest BCUT2D eigenvalue weighted by Gasteiger charge is 2.32. The summed E-state index contributed by atoms with van der Waals surface area (Å²) in [4.78, 5) is 28.1. The van der Waals surface area contributed by atoms with Crippen LogP contribution in [0.4, 0.5) is 23.4 Å². The molecule has 214 valence electrons. The van der Waals surface area contributed by atoms with Crippen LogP contribution in [0.5, 0.6) is 5.75 Å². The van der Waals surface area contributed by atoms with E-state index in [0.29, 0.717) is 13.0 Å². The van der Waals surface area contributed by atoms with Gasteiger partial charge in [-0.05, 0) is 55.2 Å². The zero-order valence-electron chi connectivity index (χ0n) is 21.7. The summed E-state index contributed by atoms with van der Waals surface area (Å²) in [6.07, 6.45) is -0.142. The maximum absolute atomic E-state index is 14.7. The Labute approximate surface area is 231 Å². The molecule has 1 aromatic carbocycles. The number of nitrogens with zero attached hydrogens (tertiary/aromatic N) is 6. The Morgan fingerprint density at radius 3 is 2.59 bits per heavy atom. The lowest BCUT2D eigenvalue weighted by atomic mass is 10.0. The predicted octanol–water partition coefficient (Wildman–Crippen LogP) is 3.73. The molecule has 3 aromatic heterocycles. The average Bonchev–Trinajstić information content (AvgIpc) is 3.41. The Hall–Kier alpha value is -4.95. The summed E-state index contributed by atoms with van der Waals surface area (Å²) in [7, 11) is 1.52. The zero-order valence-corrected chi connectivity index (χ0v) is 21.7. The smallest absolute Gasteiger partial charge is 0.403 e. The minimum atomic E-state index is -5.04. The average molecular weight is 573 g/mol. The van der Waals surface area contributed by atoms with E-state index in [4.69, 9.17) is 0 Å². The number of unbranched alkanes of at least 4 members (excludes halogenated alkanes) is 1. The fourth-order valence-corrected chi connectivity index (χ4v) is 3.81. The van der Waals surface area contributed by atoms with Gasteiger partial charge in [0.1, 0.15) is 0 Å². The summed E-state index contributed by atoms with van der Waals surface area (Å²) in [6.45, 7) is 0.584. The maximum Gasteiger partial charge on any atom is 0.573 e. The van der Waals surface area contributed by atoms with Crippen molar-refractivity contribution in [2.24, 2.45) is 0 Å². The molecule has 0 radical (unpaired) electrons. The Balaban J connectivity index is 1.28. The van der Waals surface area contributed by atoms with Crippen molar-refractivity contribution in [1.82, 2.24) is 35.5 Å². The molecule has 2 N–H and O–H groups in total. The third kappa shape index (κ3) is 8.27. The van der Waals surface area contributed by atoms with Gasteiger partial charge in [0.05, 0.1) is 24.0 Å². The number of carbonyl (C=O) groups is 2. The molecule has 0 fully saturated rings. The molecular weight excluding hydrogens is 548 g/mol. The molecule has 15 heteroatoms. The number of hydrogen-bond acceptors (Lipinski definition) is 8. The largest absolute Gasteiger partial charge is 0.573 e. The second kappa shape index (κ2) is 12.9. The van der Waals surface area contributed by atoms with E-state index in [1.165, 1.54) is 37.5 Å². The summed E-state index contributed by atoms with van der Waals surface area (Å²) in [5.41, 5.74) is 1.33. The van der Waals surface area contributed by atoms with E-state index < -0.39 is 23.8 Å². The van der Waals surface area contributed by atoms with Crippen molar-refractivity contribution in [2.45, 2.75) is 38.6 Å². The molecule has 4 aromatic rings. The fourth-order valence-electron chi connectivity index (χ4n) is 3.81. The SMILES string of the molecule is CNC(=O)c1cn(CCCCc2ccc(NC(=O)Cc3cc(-c4cccc(OC(F)(F)F)c4F)ccn3)nn2)nn1. The Morgan fingerprint density at radius 1 is 1.02 bits per heavy atom. The molecule has 0 atom stereocenters. The number of ether oxygens (including phenoxy) is 1. The van der Waals surface area contributed by atoms with E-state index in [0.717, 1.165) is 24.6 Å². The van der Waals surface area contributed by atoms with E-state index in [1.54, 1.807) is 23.0 Å². The van der Waals surface area contributed by atoms with Gasteiger partial charge in [-0.25, -0.2) is 4.39 Å². The second-order valence-electron chi connectivity index (χ2n) is 8.74. The highest BCUT2D eigenvalue weighted by Crippen LogP contribution is 2.32. The minimum absolute atomic E-state index is 0.132. The van der Waals surface area contributed by atoms with Crippen LogP contribution in [0.25, 0.3) is 11.1 Å². The van der Waals surface area contributed by atoms with E-state index in [1.807, 2.05) is 0 Å². The third-order valence-corrected chi connectivity index (χ3v) is 5.71. The molecule has 0 aliphatic rings. The van der Waals surface area contributed by atoms with Gasteiger partial charge in [0.15, 0.2) is 23.1 Å². The molecule has 0 saturated carbocycles. The molecule has 3 heterocycles. The summed E-state index contributed by atoms with van der Waals surface area (Å²) in [6, 6.07) is 9.57. The number of rotatable bonds is 11. The van der Waals surface area contributed by atoms with Crippen LogP contribution in [0, 0.1) is 5.82 Å². The molecule has 41 heavy (non-hydrogen) atoms. The monoisotopic (exact) mass is 572 g/mol. The van der Waals surface area contributed by atoms with Crippen molar-refractivity contribution in [1.29, 1.82) is 0 Å². The van der Waals surface area contributed by atoms with Crippen molar-refractivity contribution in [3.8, 4) is 16.9 Å². The Bertz CT molecular complexity index is 1510. The second-order valence-corrected chi connectivity index (χ2v) is 8.74. The van der Waals surface area contributed by atoms with Crippen LogP contribution in [0.3, 0.4) is 0 Å². The maximum atomic E-state index is 14.7. The van der Waals surface area contributed by atoms with Gasteiger partial charge in [-0.1, -0.05) is 17.3 Å². The lowest BCUT2D eigenvalue weighted by molar-refractivity contribution is -0.275. The van der Waals surface area contributed by atoms with Gasteiger partial charge in [0.2, 0.25) is 5.91 Å². The van der Waals surface area contributed by atoms with Crippen LogP contribution in [-0.2, 0) is 24.2 Å². The molecule has 4 rings (SSSR count). The summed E-state index contributed by atoms with van der Waals surface area (Å²) in [5.74, 6) is -2.68. The van der Waals surface area contributed by atoms with Gasteiger partial charge in [0, 0.05) is 25.4 Å². The van der Waals surface area contributed by atoms with Crippen LogP contribution in [0.15, 0.2) is 54.9 Å². The highest BCUT2D eigenvalue weighted by molar-refractivity contribution is 5.91. The van der Waals surface area contributed by atoms with Crippen molar-refractivity contribution < 1.29 is 31.9 Å². The van der Waals surface area contributed by atoms with Crippen molar-refractivity contribution in [3.63, 3.8) is 0 Å². The first kappa shape index (κ1) is 29.0. The molecule has 0 unspecified atom stereocenters. The van der Waals surface area contributed by atoms with Crippen LogP contribution in [0.2, 0.25) is 0 Å². The molecule has 11 nitrogen and oxygen atoms in total. The fraction of sp³-hybridized carbons (Fsp3) is 0.269. The lowest BCUT2D eigenvalue weighted by Gasteiger charge is -2.12. The van der Waals surface area contributed by atoms with Crippen molar-refractivity contribution >= 4 is 17.6 Å². The molecule has 0 spiro atoms. The molecule has 0 bridgehead atoms. The summed E-state index contributed by atoms with van der Waals surface area (Å²) in [5, 5.41) is 20.9. The Morgan fingerprint density at radius 2 is 1.85 bits per heavy atom. The normalized spacial score (nSPS) is 11.2. The van der Waals surface area contributed by atoms with Gasteiger partial charge in [-0.2, -0.15) is 5.10 Å². The Kier molecular flexibility index (Phi) is 9.16. The zero-order chi connectivity index (χ0) is 29.4. The number of aryl methyl sites for hydroxylation is 2. The van der Waals surface area contributed by atoms with Gasteiger partial charge < -0.3 is 15.4 Å². The first-order valence-corrected chi connectivity index (χ1v) is 12.4. The van der Waals surface area contributed by atoms with Gasteiger partial charge >= 0.3 is 6.36 Å². The van der Waals surface area contributed by atoms with Crippen molar-refractivity contribution in [3.05, 3.63) is 77.8 Å². The molecule has 0 aliphatic carbocycles. The number of amides is 2. The van der Waals surface area contributed by atoms with Crippen LogP contribution in [0.1, 0.15) is 34.7 Å². The number of benzene rings is 1. The molecule has 2 amide bonds. The molecule has 0 aliphatic heterocycles. The quantitative estimate of drug-likeness (QED) is 0.205. The summed E-state index contributed by atoms with van der Waals surface area (Å²) >= 11 is 0. The number of hydrogen-bond donors (Lipinski definition) is 2. The van der Waals surface area contributed by atoms with Crippen LogP contribution in [-0.4, -0.2) is 55.4 Å². The van der Waals surface area contributed by atoms with E-state index >= 15 is 0 Å². The van der Waals surface area contributed by atoms with Gasteiger partial charge in [-0.15, -0.1) is 23.4 Å². The number of carbonyl (C=O) groups excluding carboxylic acids is 2. The van der Waals surface area contributed by atoms with E-state index in [9.17, 15) is 27.2 Å². The number of pyridine rings is 1. The standard InChI is InChI=1S/C26H24F4N8O3/c1-31-25(40)20-15-38(37-35-20)12-3-2-5-17-8-9-22(36-34-17)33-23(39)14-18-13-16(10-11-32-18)19-6-4-7-21(24(19)27)41-26(28,29)30/h4,6-11,13,15H,2-3,5,12,14H2,1H3,(H,31,40)(H,33,36,39). The number of alkyl halides is 3. The first-order valence-electron chi connectivity index (χ1n) is 12.4. The third-order valence-electron chi connectivity index (χ3n) is 5.71. The van der Waals surface area contributed by atoms with Gasteiger partial charge in [0.25, 0.3) is 5.91 Å². The number of aromatic nitrogens is 6. The van der Waals surface area contributed by atoms with Crippen LogP contribution >= 0.6 is 0 Å². The summed E-state index contributed by atoms with van der Waals surface area (Å²) < 4.78 is 57.7. The van der Waals surface area contributed by atoms with Crippen molar-refractivity contribution in [2.75, 3.05) is 12.4 Å². The van der Waals surface area contributed by atoms with E-state index in [-0.39, 0.29) is 40.7 Å². The van der Waals surface area contributed by atoms with Crippen LogP contribution < -0.4 is 15.4 Å². The van der Waals surface area contributed by atoms with Gasteiger partial charge in [-0.3, -0.25) is 19.3 Å². The molecular formula is C26H24F4N8O3.